The van der Waals surface area contributed by atoms with E-state index in [0.717, 1.165) is 54.8 Å². The highest BCUT2D eigenvalue weighted by atomic mass is 16.5. The molecule has 0 bridgehead atoms. The molecule has 17 nitrogen and oxygen atoms in total. The van der Waals surface area contributed by atoms with Crippen molar-refractivity contribution in [3.8, 4) is 0 Å². The van der Waals surface area contributed by atoms with Crippen LogP contribution < -0.4 is 16.0 Å². The first kappa shape index (κ1) is 43.4. The summed E-state index contributed by atoms with van der Waals surface area (Å²) in [6.45, 7) is 7.12. The number of aryl methyl sites for hydroxylation is 1. The molecule has 8 amide bonds. The summed E-state index contributed by atoms with van der Waals surface area (Å²) in [7, 11) is 1.83. The maximum atomic E-state index is 13.1. The van der Waals surface area contributed by atoms with E-state index in [9.17, 15) is 33.6 Å². The Morgan fingerprint density at radius 3 is 2.37 bits per heavy atom. The van der Waals surface area contributed by atoms with E-state index >= 15 is 0 Å². The van der Waals surface area contributed by atoms with Crippen molar-refractivity contribution in [2.75, 3.05) is 64.4 Å². The number of nitrogens with one attached hydrogen (secondary N) is 1. The highest BCUT2D eigenvalue weighted by Crippen LogP contribution is 2.36. The lowest BCUT2D eigenvalue weighted by Gasteiger charge is -2.40. The molecule has 1 unspecified atom stereocenters. The first-order valence-electron chi connectivity index (χ1n) is 22.0. The number of nitrogens with two attached hydrogens (primary N) is 1. The highest BCUT2D eigenvalue weighted by Gasteiger charge is 2.45. The van der Waals surface area contributed by atoms with Crippen LogP contribution in [0.4, 0.5) is 10.6 Å². The number of ether oxygens (including phenoxy) is 1. The lowest BCUT2D eigenvalue weighted by atomic mass is 9.74. The minimum atomic E-state index is -1.00. The van der Waals surface area contributed by atoms with E-state index in [0.29, 0.717) is 70.2 Å². The summed E-state index contributed by atoms with van der Waals surface area (Å²) in [5, 5.41) is 2.21. The van der Waals surface area contributed by atoms with E-state index < -0.39 is 35.6 Å². The number of urea groups is 1. The number of fused-ring (bicyclic) bond motifs is 1. The molecular weight excluding hydrogens is 807 g/mol. The van der Waals surface area contributed by atoms with Crippen molar-refractivity contribution in [1.82, 2.24) is 34.9 Å². The number of carbonyl (C=O) groups excluding carboxylic acids is 7. The van der Waals surface area contributed by atoms with Crippen molar-refractivity contribution in [2.45, 2.75) is 88.6 Å². The third kappa shape index (κ3) is 9.15. The van der Waals surface area contributed by atoms with Crippen molar-refractivity contribution < 1.29 is 38.3 Å². The zero-order valence-electron chi connectivity index (χ0n) is 36.0. The predicted molar refractivity (Wildman–Crippen MR) is 230 cm³/mol. The van der Waals surface area contributed by atoms with Gasteiger partial charge in [-0.25, -0.2) is 14.8 Å². The standard InChI is InChI=1S/C46H55N9O8/c1-46(31-10-7-30(8-11-31)26-35-40(41(47)58)48-27-37(49-35)53-18-3-6-32(28-53)54-22-21-51(2)45(54)62)16-19-52(20-17-46)39(57)15-24-63-23-4-5-29-9-12-33-34(25-29)44(61)55(43(33)60)36-13-14-38(56)50-42(36)59/h7-12,25,27,32,36H,3-6,13-24,26,28H2,1-2H3,(H2,47,58)(H,50,56,59)/t32-,36?/m1/s1. The summed E-state index contributed by atoms with van der Waals surface area (Å²) in [6.07, 6.45) is 7.18. The predicted octanol–water partition coefficient (Wildman–Crippen LogP) is 2.82. The number of primary amides is 1. The summed E-state index contributed by atoms with van der Waals surface area (Å²) in [5.74, 6) is -2.01. The number of amides is 8. The van der Waals surface area contributed by atoms with Crippen LogP contribution in [-0.4, -0.2) is 143 Å². The number of piperidine rings is 3. The lowest BCUT2D eigenvalue weighted by Crippen LogP contribution is -2.54. The highest BCUT2D eigenvalue weighted by molar-refractivity contribution is 6.23. The van der Waals surface area contributed by atoms with E-state index in [1.807, 2.05) is 16.8 Å². The third-order valence-corrected chi connectivity index (χ3v) is 13.4. The van der Waals surface area contributed by atoms with Crippen LogP contribution in [0.5, 0.6) is 0 Å². The molecule has 0 aliphatic carbocycles. The number of aromatic nitrogens is 2. The van der Waals surface area contributed by atoms with Gasteiger partial charge in [-0.1, -0.05) is 37.3 Å². The molecule has 6 heterocycles. The average molecular weight is 862 g/mol. The van der Waals surface area contributed by atoms with Crippen molar-refractivity contribution in [2.24, 2.45) is 5.73 Å². The van der Waals surface area contributed by atoms with Crippen molar-refractivity contribution >= 4 is 47.3 Å². The second-order valence-electron chi connectivity index (χ2n) is 17.6. The Morgan fingerprint density at radius 1 is 0.905 bits per heavy atom. The normalized spacial score (nSPS) is 21.3. The molecule has 332 valence electrons. The van der Waals surface area contributed by atoms with Gasteiger partial charge in [-0.05, 0) is 79.2 Å². The Labute approximate surface area is 366 Å². The summed E-state index contributed by atoms with van der Waals surface area (Å²) in [5.41, 5.74) is 9.82. The molecule has 0 spiro atoms. The molecule has 0 radical (unpaired) electrons. The molecule has 3 N–H and O–H groups in total. The van der Waals surface area contributed by atoms with Crippen molar-refractivity contribution in [1.29, 1.82) is 0 Å². The topological polar surface area (TPSA) is 209 Å². The molecule has 63 heavy (non-hydrogen) atoms. The largest absolute Gasteiger partial charge is 0.381 e. The number of rotatable bonds is 14. The van der Waals surface area contributed by atoms with Gasteiger partial charge < -0.3 is 30.1 Å². The van der Waals surface area contributed by atoms with Crippen LogP contribution in [0.2, 0.25) is 0 Å². The zero-order valence-corrected chi connectivity index (χ0v) is 36.0. The minimum Gasteiger partial charge on any atom is -0.381 e. The minimum absolute atomic E-state index is 0.0561. The average Bonchev–Trinajstić information content (AvgIpc) is 3.74. The Kier molecular flexibility index (Phi) is 12.6. The molecule has 1 aromatic heterocycles. The molecule has 8 rings (SSSR count). The SMILES string of the molecule is CN1CCN([C@@H]2CCCN(c3cnc(C(N)=O)c(Cc4ccc(C5(C)CCN(C(=O)CCOCCCc6ccc7c(c6)C(=O)N(C6CCC(=O)NC6=O)C7=O)CC5)cc4)n3)C2)C1=O. The monoisotopic (exact) mass is 861 g/mol. The molecule has 4 saturated heterocycles. The fourth-order valence-corrected chi connectivity index (χ4v) is 9.55. The van der Waals surface area contributed by atoms with Crippen LogP contribution in [0.15, 0.2) is 48.7 Å². The Morgan fingerprint density at radius 2 is 1.65 bits per heavy atom. The first-order chi connectivity index (χ1) is 30.3. The molecular formula is C46H55N9O8. The Hall–Kier alpha value is -6.23. The number of hydrogen-bond donors (Lipinski definition) is 2. The number of imide groups is 2. The van der Waals surface area contributed by atoms with Gasteiger partial charge in [-0.3, -0.25) is 39.0 Å². The van der Waals surface area contributed by atoms with Crippen LogP contribution in [0.25, 0.3) is 0 Å². The van der Waals surface area contributed by atoms with Crippen LogP contribution in [0.1, 0.15) is 112 Å². The van der Waals surface area contributed by atoms with Crippen LogP contribution >= 0.6 is 0 Å². The van der Waals surface area contributed by atoms with Crippen LogP contribution in [-0.2, 0) is 37.4 Å². The molecule has 2 atom stereocenters. The van der Waals surface area contributed by atoms with Gasteiger partial charge in [-0.2, -0.15) is 0 Å². The quantitative estimate of drug-likeness (QED) is 0.178. The van der Waals surface area contributed by atoms with Gasteiger partial charge in [-0.15, -0.1) is 0 Å². The number of nitrogens with zero attached hydrogens (tertiary/aromatic N) is 7. The van der Waals surface area contributed by atoms with Crippen LogP contribution in [0, 0.1) is 0 Å². The summed E-state index contributed by atoms with van der Waals surface area (Å²) < 4.78 is 5.82. The lowest BCUT2D eigenvalue weighted by molar-refractivity contribution is -0.136. The number of benzene rings is 2. The number of likely N-dealkylation sites (N-methyl/N-ethyl adjacent to an activating group) is 1. The molecule has 3 aromatic rings. The second-order valence-corrected chi connectivity index (χ2v) is 17.6. The van der Waals surface area contributed by atoms with Gasteiger partial charge in [0.2, 0.25) is 17.7 Å². The van der Waals surface area contributed by atoms with Crippen molar-refractivity contribution in [3.63, 3.8) is 0 Å². The fraction of sp³-hybridized carbons (Fsp3) is 0.500. The maximum absolute atomic E-state index is 13.1. The second kappa shape index (κ2) is 18.2. The zero-order chi connectivity index (χ0) is 44.4. The molecule has 5 aliphatic heterocycles. The van der Waals surface area contributed by atoms with E-state index in [1.54, 1.807) is 29.3 Å². The van der Waals surface area contributed by atoms with E-state index in [4.69, 9.17) is 15.5 Å². The molecule has 0 saturated carbocycles. The van der Waals surface area contributed by atoms with Gasteiger partial charge in [0.05, 0.1) is 42.1 Å². The maximum Gasteiger partial charge on any atom is 0.320 e. The van der Waals surface area contributed by atoms with Gasteiger partial charge in [0.1, 0.15) is 17.6 Å². The number of anilines is 1. The smallest absolute Gasteiger partial charge is 0.320 e. The Bertz CT molecular complexity index is 2310. The van der Waals surface area contributed by atoms with Crippen LogP contribution in [0.3, 0.4) is 0 Å². The van der Waals surface area contributed by atoms with E-state index in [2.05, 4.69) is 46.4 Å². The van der Waals surface area contributed by atoms with Gasteiger partial charge in [0, 0.05) is 65.8 Å². The molecule has 4 fully saturated rings. The first-order valence-corrected chi connectivity index (χ1v) is 22.0. The number of likely N-dealkylation sites (tertiary alicyclic amines) is 1. The van der Waals surface area contributed by atoms with Crippen molar-refractivity contribution in [3.05, 3.63) is 87.9 Å². The van der Waals surface area contributed by atoms with E-state index in [-0.39, 0.29) is 59.5 Å². The number of hydrogen-bond acceptors (Lipinski definition) is 11. The van der Waals surface area contributed by atoms with Gasteiger partial charge in [0.15, 0.2) is 0 Å². The molecule has 2 aromatic carbocycles. The number of carbonyl (C=O) groups is 7. The fourth-order valence-electron chi connectivity index (χ4n) is 9.55. The van der Waals surface area contributed by atoms with E-state index in [1.165, 1.54) is 5.56 Å². The van der Waals surface area contributed by atoms with Gasteiger partial charge in [0.25, 0.3) is 17.7 Å². The third-order valence-electron chi connectivity index (χ3n) is 13.4. The molecule has 17 heteroatoms. The summed E-state index contributed by atoms with van der Waals surface area (Å²) in [4.78, 5) is 106. The summed E-state index contributed by atoms with van der Waals surface area (Å²) >= 11 is 0. The Balaban J connectivity index is 0.777. The summed E-state index contributed by atoms with van der Waals surface area (Å²) in [6, 6.07) is 12.6. The van der Waals surface area contributed by atoms with Gasteiger partial charge >= 0.3 is 6.03 Å². The molecule has 5 aliphatic rings.